The van der Waals surface area contributed by atoms with Gasteiger partial charge in [0.2, 0.25) is 0 Å². The van der Waals surface area contributed by atoms with Gasteiger partial charge in [0.1, 0.15) is 0 Å². The molecule has 1 saturated carbocycles. The van der Waals surface area contributed by atoms with Crippen molar-refractivity contribution in [3.05, 3.63) is 29.8 Å². The summed E-state index contributed by atoms with van der Waals surface area (Å²) in [4.78, 5) is 5.17. The highest BCUT2D eigenvalue weighted by molar-refractivity contribution is 5.56. The van der Waals surface area contributed by atoms with Crippen LogP contribution in [0.15, 0.2) is 24.3 Å². The molecule has 1 unspecified atom stereocenters. The van der Waals surface area contributed by atoms with Crippen molar-refractivity contribution in [1.29, 1.82) is 0 Å². The van der Waals surface area contributed by atoms with E-state index >= 15 is 0 Å². The first-order valence-corrected chi connectivity index (χ1v) is 7.76. The van der Waals surface area contributed by atoms with E-state index < -0.39 is 0 Å². The van der Waals surface area contributed by atoms with Crippen LogP contribution in [-0.4, -0.2) is 30.6 Å². The Balaban J connectivity index is 1.91. The molecule has 0 aromatic heterocycles. The molecule has 2 nitrogen and oxygen atoms in total. The van der Waals surface area contributed by atoms with Crippen molar-refractivity contribution in [2.75, 3.05) is 18.5 Å². The number of benzene rings is 1. The van der Waals surface area contributed by atoms with Crippen LogP contribution in [0.3, 0.4) is 0 Å². The van der Waals surface area contributed by atoms with Gasteiger partial charge >= 0.3 is 0 Å². The largest absolute Gasteiger partial charge is 0.371 e. The second-order valence-corrected chi connectivity index (χ2v) is 6.39. The minimum atomic E-state index is 0.623. The number of para-hydroxylation sites is 1. The van der Waals surface area contributed by atoms with Crippen LogP contribution in [0, 0.1) is 0 Å². The number of nitrogens with zero attached hydrogens (tertiary/aromatic N) is 2. The van der Waals surface area contributed by atoms with E-state index in [9.17, 15) is 0 Å². The Morgan fingerprint density at radius 1 is 1.16 bits per heavy atom. The molecule has 19 heavy (non-hydrogen) atoms. The summed E-state index contributed by atoms with van der Waals surface area (Å²) in [6, 6.07) is 11.1. The smallest absolute Gasteiger partial charge is 0.0414 e. The monoisotopic (exact) mass is 258 g/mol. The molecule has 1 aliphatic carbocycles. The third-order valence-electron chi connectivity index (χ3n) is 4.73. The van der Waals surface area contributed by atoms with Crippen molar-refractivity contribution in [2.45, 2.75) is 57.7 Å². The highest BCUT2D eigenvalue weighted by Crippen LogP contribution is 2.40. The van der Waals surface area contributed by atoms with Gasteiger partial charge in [0.15, 0.2) is 0 Å². The molecule has 0 bridgehead atoms. The van der Waals surface area contributed by atoms with E-state index in [1.807, 2.05) is 0 Å². The van der Waals surface area contributed by atoms with Gasteiger partial charge < -0.3 is 4.90 Å². The van der Waals surface area contributed by atoms with Gasteiger partial charge in [0.05, 0.1) is 0 Å². The lowest BCUT2D eigenvalue weighted by molar-refractivity contribution is 0.206. The molecule has 2 fully saturated rings. The van der Waals surface area contributed by atoms with E-state index in [1.165, 1.54) is 37.9 Å². The predicted octanol–water partition coefficient (Wildman–Crippen LogP) is 3.83. The van der Waals surface area contributed by atoms with Gasteiger partial charge in [-0.3, -0.25) is 4.90 Å². The molecule has 1 aromatic rings. The number of anilines is 1. The van der Waals surface area contributed by atoms with Crippen molar-refractivity contribution >= 4 is 5.69 Å². The summed E-state index contributed by atoms with van der Waals surface area (Å²) in [5.41, 5.74) is 3.01. The second kappa shape index (κ2) is 5.16. The Labute approximate surface area is 117 Å². The molecule has 1 atom stereocenters. The van der Waals surface area contributed by atoms with Gasteiger partial charge in [-0.05, 0) is 57.7 Å². The maximum Gasteiger partial charge on any atom is 0.0414 e. The molecule has 104 valence electrons. The molecule has 1 aromatic carbocycles. The molecule has 0 radical (unpaired) electrons. The standard InChI is InChI=1S/C17H26N2/c1-13(2)19-12-6-9-17(19)15-7-4-5-8-16(15)18(3)14-10-11-14/h4-5,7-8,13-14,17H,6,9-12H2,1-3H3. The molecular weight excluding hydrogens is 232 g/mol. The zero-order valence-electron chi connectivity index (χ0n) is 12.5. The van der Waals surface area contributed by atoms with Crippen molar-refractivity contribution in [1.82, 2.24) is 4.90 Å². The van der Waals surface area contributed by atoms with Crippen molar-refractivity contribution in [3.63, 3.8) is 0 Å². The molecule has 1 saturated heterocycles. The van der Waals surface area contributed by atoms with E-state index in [2.05, 4.69) is 55.0 Å². The van der Waals surface area contributed by atoms with Gasteiger partial charge in [-0.25, -0.2) is 0 Å². The Kier molecular flexibility index (Phi) is 3.53. The van der Waals surface area contributed by atoms with E-state index in [0.717, 1.165) is 6.04 Å². The Bertz CT molecular complexity index is 437. The number of likely N-dealkylation sites (tertiary alicyclic amines) is 1. The van der Waals surface area contributed by atoms with Crippen LogP contribution in [0.1, 0.15) is 51.1 Å². The van der Waals surface area contributed by atoms with Crippen LogP contribution in [0.4, 0.5) is 5.69 Å². The zero-order chi connectivity index (χ0) is 13.4. The molecule has 1 aliphatic heterocycles. The average Bonchev–Trinajstić information content (AvgIpc) is 3.14. The summed E-state index contributed by atoms with van der Waals surface area (Å²) in [7, 11) is 2.27. The predicted molar refractivity (Wildman–Crippen MR) is 81.7 cm³/mol. The third-order valence-corrected chi connectivity index (χ3v) is 4.73. The topological polar surface area (TPSA) is 6.48 Å². The summed E-state index contributed by atoms with van der Waals surface area (Å²) in [5, 5.41) is 0. The quantitative estimate of drug-likeness (QED) is 0.810. The van der Waals surface area contributed by atoms with Crippen molar-refractivity contribution in [3.8, 4) is 0 Å². The summed E-state index contributed by atoms with van der Waals surface area (Å²) < 4.78 is 0. The molecule has 1 heterocycles. The minimum absolute atomic E-state index is 0.623. The minimum Gasteiger partial charge on any atom is -0.371 e. The molecular formula is C17H26N2. The van der Waals surface area contributed by atoms with Gasteiger partial charge in [-0.15, -0.1) is 0 Å². The second-order valence-electron chi connectivity index (χ2n) is 6.39. The van der Waals surface area contributed by atoms with Gasteiger partial charge in [0, 0.05) is 30.9 Å². The van der Waals surface area contributed by atoms with Crippen LogP contribution in [0.2, 0.25) is 0 Å². The van der Waals surface area contributed by atoms with Gasteiger partial charge in [-0.1, -0.05) is 18.2 Å². The van der Waals surface area contributed by atoms with Crippen LogP contribution >= 0.6 is 0 Å². The fourth-order valence-corrected chi connectivity index (χ4v) is 3.49. The molecule has 0 N–H and O–H groups in total. The number of hydrogen-bond acceptors (Lipinski definition) is 2. The molecule has 2 heteroatoms. The normalized spacial score (nSPS) is 24.1. The van der Waals surface area contributed by atoms with E-state index in [-0.39, 0.29) is 0 Å². The van der Waals surface area contributed by atoms with Gasteiger partial charge in [0.25, 0.3) is 0 Å². The van der Waals surface area contributed by atoms with Crippen LogP contribution in [-0.2, 0) is 0 Å². The first-order chi connectivity index (χ1) is 9.18. The first-order valence-electron chi connectivity index (χ1n) is 7.76. The fourth-order valence-electron chi connectivity index (χ4n) is 3.49. The van der Waals surface area contributed by atoms with Crippen molar-refractivity contribution < 1.29 is 0 Å². The molecule has 2 aliphatic rings. The van der Waals surface area contributed by atoms with Gasteiger partial charge in [-0.2, -0.15) is 0 Å². The maximum absolute atomic E-state index is 2.67. The lowest BCUT2D eigenvalue weighted by Gasteiger charge is -2.32. The molecule has 0 spiro atoms. The average molecular weight is 258 g/mol. The summed E-state index contributed by atoms with van der Waals surface area (Å²) in [5.74, 6) is 0. The first kappa shape index (κ1) is 13.0. The SMILES string of the molecule is CC(C)N1CCCC1c1ccccc1N(C)C1CC1. The lowest BCUT2D eigenvalue weighted by atomic mass is 10.0. The van der Waals surface area contributed by atoms with Crippen molar-refractivity contribution in [2.24, 2.45) is 0 Å². The number of rotatable bonds is 4. The lowest BCUT2D eigenvalue weighted by Crippen LogP contribution is -2.31. The Morgan fingerprint density at radius 3 is 2.58 bits per heavy atom. The van der Waals surface area contributed by atoms with E-state index in [0.29, 0.717) is 12.1 Å². The Hall–Kier alpha value is -1.02. The molecule has 0 amide bonds. The highest BCUT2D eigenvalue weighted by Gasteiger charge is 2.32. The summed E-state index contributed by atoms with van der Waals surface area (Å²) >= 11 is 0. The fraction of sp³-hybridized carbons (Fsp3) is 0.647. The summed E-state index contributed by atoms with van der Waals surface area (Å²) in [6.45, 7) is 5.90. The third kappa shape index (κ3) is 2.51. The highest BCUT2D eigenvalue weighted by atomic mass is 15.2. The summed E-state index contributed by atoms with van der Waals surface area (Å²) in [6.07, 6.45) is 5.38. The molecule has 3 rings (SSSR count). The van der Waals surface area contributed by atoms with Crippen LogP contribution < -0.4 is 4.90 Å². The van der Waals surface area contributed by atoms with Crippen LogP contribution in [0.25, 0.3) is 0 Å². The Morgan fingerprint density at radius 2 is 1.89 bits per heavy atom. The maximum atomic E-state index is 2.67. The van der Waals surface area contributed by atoms with E-state index in [4.69, 9.17) is 0 Å². The zero-order valence-corrected chi connectivity index (χ0v) is 12.5. The van der Waals surface area contributed by atoms with E-state index in [1.54, 1.807) is 5.56 Å². The number of hydrogen-bond donors (Lipinski definition) is 0. The van der Waals surface area contributed by atoms with Crippen LogP contribution in [0.5, 0.6) is 0 Å².